The highest BCUT2D eigenvalue weighted by Crippen LogP contribution is 2.27. The van der Waals surface area contributed by atoms with E-state index in [4.69, 9.17) is 4.74 Å². The molecule has 0 aromatic heterocycles. The zero-order valence-electron chi connectivity index (χ0n) is 15.5. The van der Waals surface area contributed by atoms with Crippen LogP contribution < -0.4 is 15.4 Å². The van der Waals surface area contributed by atoms with E-state index < -0.39 is 0 Å². The van der Waals surface area contributed by atoms with Crippen molar-refractivity contribution < 1.29 is 4.74 Å². The van der Waals surface area contributed by atoms with Crippen LogP contribution in [0.2, 0.25) is 0 Å². The zero-order valence-corrected chi connectivity index (χ0v) is 15.5. The summed E-state index contributed by atoms with van der Waals surface area (Å²) in [4.78, 5) is 6.80. The maximum Gasteiger partial charge on any atom is 0.191 e. The molecule has 5 heteroatoms. The minimum absolute atomic E-state index is 0.287. The first-order chi connectivity index (χ1) is 11.7. The van der Waals surface area contributed by atoms with Crippen LogP contribution in [0.3, 0.4) is 0 Å². The Morgan fingerprint density at radius 1 is 1.29 bits per heavy atom. The minimum atomic E-state index is 0.287. The highest BCUT2D eigenvalue weighted by atomic mass is 16.5. The van der Waals surface area contributed by atoms with Gasteiger partial charge < -0.3 is 15.4 Å². The van der Waals surface area contributed by atoms with Crippen molar-refractivity contribution in [3.05, 3.63) is 29.8 Å². The molecule has 2 rings (SSSR count). The van der Waals surface area contributed by atoms with Crippen LogP contribution in [0.15, 0.2) is 29.3 Å². The average Bonchev–Trinajstić information content (AvgIpc) is 3.45. The third kappa shape index (κ3) is 5.41. The van der Waals surface area contributed by atoms with Crippen LogP contribution in [0, 0.1) is 5.92 Å². The van der Waals surface area contributed by atoms with Gasteiger partial charge >= 0.3 is 0 Å². The number of hydrogen-bond acceptors (Lipinski definition) is 3. The number of guanidine groups is 1. The number of rotatable bonds is 9. The van der Waals surface area contributed by atoms with E-state index in [1.807, 2.05) is 13.1 Å². The molecule has 1 atom stereocenters. The van der Waals surface area contributed by atoms with Crippen molar-refractivity contribution in [2.45, 2.75) is 32.7 Å². The van der Waals surface area contributed by atoms with Gasteiger partial charge in [0.25, 0.3) is 0 Å². The summed E-state index contributed by atoms with van der Waals surface area (Å²) < 4.78 is 5.40. The fourth-order valence-electron chi connectivity index (χ4n) is 2.95. The Labute approximate surface area is 146 Å². The number of hydrogen-bond donors (Lipinski definition) is 2. The number of ether oxygens (including phenoxy) is 1. The van der Waals surface area contributed by atoms with Gasteiger partial charge in [0.05, 0.1) is 13.2 Å². The van der Waals surface area contributed by atoms with Gasteiger partial charge in [0, 0.05) is 20.1 Å². The summed E-state index contributed by atoms with van der Waals surface area (Å²) in [6, 6.07) is 8.64. The van der Waals surface area contributed by atoms with Crippen molar-refractivity contribution in [3.8, 4) is 5.75 Å². The molecule has 1 aliphatic carbocycles. The molecule has 1 saturated carbocycles. The number of benzene rings is 1. The standard InChI is InChI=1S/C19H32N4O/c1-5-23(6-2)18(16-8-7-9-17(12-16)24-4)14-22-19(20-3)21-13-15-10-11-15/h7-9,12,15,18H,5-6,10-11,13-14H2,1-4H3,(H2,20,21,22). The summed E-state index contributed by atoms with van der Waals surface area (Å²) in [6.45, 7) is 8.27. The molecule has 0 saturated heterocycles. The molecule has 0 heterocycles. The predicted molar refractivity (Wildman–Crippen MR) is 101 cm³/mol. The molecule has 0 bridgehead atoms. The molecule has 0 aliphatic heterocycles. The fourth-order valence-corrected chi connectivity index (χ4v) is 2.95. The van der Waals surface area contributed by atoms with Crippen LogP contribution in [0.4, 0.5) is 0 Å². The van der Waals surface area contributed by atoms with E-state index in [-0.39, 0.29) is 6.04 Å². The molecule has 134 valence electrons. The Morgan fingerprint density at radius 2 is 2.04 bits per heavy atom. The van der Waals surface area contributed by atoms with Gasteiger partial charge in [-0.05, 0) is 49.5 Å². The number of aliphatic imine (C=N–C) groups is 1. The molecule has 24 heavy (non-hydrogen) atoms. The summed E-state index contributed by atoms with van der Waals surface area (Å²) >= 11 is 0. The predicted octanol–water partition coefficient (Wildman–Crippen LogP) is 2.65. The van der Waals surface area contributed by atoms with E-state index in [9.17, 15) is 0 Å². The number of nitrogens with zero attached hydrogens (tertiary/aromatic N) is 2. The molecule has 1 fully saturated rings. The first-order valence-electron chi connectivity index (χ1n) is 9.04. The molecular weight excluding hydrogens is 300 g/mol. The monoisotopic (exact) mass is 332 g/mol. The van der Waals surface area contributed by atoms with Crippen LogP contribution in [-0.2, 0) is 0 Å². The zero-order chi connectivity index (χ0) is 17.4. The van der Waals surface area contributed by atoms with Crippen molar-refractivity contribution in [2.24, 2.45) is 10.9 Å². The summed E-state index contributed by atoms with van der Waals surface area (Å²) in [5.74, 6) is 2.63. The van der Waals surface area contributed by atoms with Crippen molar-refractivity contribution in [1.29, 1.82) is 0 Å². The van der Waals surface area contributed by atoms with Gasteiger partial charge in [-0.2, -0.15) is 0 Å². The molecule has 5 nitrogen and oxygen atoms in total. The van der Waals surface area contributed by atoms with Gasteiger partial charge in [-0.1, -0.05) is 26.0 Å². The summed E-state index contributed by atoms with van der Waals surface area (Å²) in [5, 5.41) is 6.93. The SMILES string of the molecule is CCN(CC)C(CNC(=NC)NCC1CC1)c1cccc(OC)c1. The molecule has 1 unspecified atom stereocenters. The summed E-state index contributed by atoms with van der Waals surface area (Å²) in [5.41, 5.74) is 1.27. The average molecular weight is 332 g/mol. The number of likely N-dealkylation sites (N-methyl/N-ethyl adjacent to an activating group) is 1. The Bertz CT molecular complexity index is 524. The lowest BCUT2D eigenvalue weighted by Gasteiger charge is -2.31. The second-order valence-corrected chi connectivity index (χ2v) is 6.29. The minimum Gasteiger partial charge on any atom is -0.497 e. The third-order valence-corrected chi connectivity index (χ3v) is 4.67. The Morgan fingerprint density at radius 3 is 2.62 bits per heavy atom. The molecule has 1 aromatic carbocycles. The molecule has 0 radical (unpaired) electrons. The quantitative estimate of drug-likeness (QED) is 0.539. The lowest BCUT2D eigenvalue weighted by Crippen LogP contribution is -2.43. The van der Waals surface area contributed by atoms with E-state index in [2.05, 4.69) is 52.6 Å². The highest BCUT2D eigenvalue weighted by molar-refractivity contribution is 5.79. The molecule has 1 aliphatic rings. The maximum absolute atomic E-state index is 5.40. The smallest absolute Gasteiger partial charge is 0.191 e. The van der Waals surface area contributed by atoms with Crippen LogP contribution in [-0.4, -0.2) is 51.2 Å². The second-order valence-electron chi connectivity index (χ2n) is 6.29. The van der Waals surface area contributed by atoms with Crippen molar-refractivity contribution in [2.75, 3.05) is 40.3 Å². The first-order valence-corrected chi connectivity index (χ1v) is 9.04. The van der Waals surface area contributed by atoms with Gasteiger partial charge in [0.1, 0.15) is 5.75 Å². The molecular formula is C19H32N4O. The van der Waals surface area contributed by atoms with E-state index in [1.165, 1.54) is 18.4 Å². The Balaban J connectivity index is 2.04. The van der Waals surface area contributed by atoms with Gasteiger partial charge in [0.2, 0.25) is 0 Å². The van der Waals surface area contributed by atoms with Gasteiger partial charge in [-0.3, -0.25) is 9.89 Å². The second kappa shape index (κ2) is 9.52. The van der Waals surface area contributed by atoms with Gasteiger partial charge in [0.15, 0.2) is 5.96 Å². The highest BCUT2D eigenvalue weighted by Gasteiger charge is 2.22. The first kappa shape index (κ1) is 18.6. The summed E-state index contributed by atoms with van der Waals surface area (Å²) in [6.07, 6.45) is 2.69. The van der Waals surface area contributed by atoms with Crippen LogP contribution in [0.5, 0.6) is 5.75 Å². The maximum atomic E-state index is 5.40. The number of methoxy groups -OCH3 is 1. The van der Waals surface area contributed by atoms with Crippen LogP contribution in [0.25, 0.3) is 0 Å². The summed E-state index contributed by atoms with van der Waals surface area (Å²) in [7, 11) is 3.55. The molecule has 0 spiro atoms. The normalized spacial score (nSPS) is 16.1. The number of nitrogens with one attached hydrogen (secondary N) is 2. The van der Waals surface area contributed by atoms with E-state index >= 15 is 0 Å². The van der Waals surface area contributed by atoms with E-state index in [0.29, 0.717) is 0 Å². The van der Waals surface area contributed by atoms with Crippen LogP contribution >= 0.6 is 0 Å². The third-order valence-electron chi connectivity index (χ3n) is 4.67. The molecule has 1 aromatic rings. The van der Waals surface area contributed by atoms with Crippen LogP contribution in [0.1, 0.15) is 38.3 Å². The van der Waals surface area contributed by atoms with E-state index in [1.54, 1.807) is 7.11 Å². The fraction of sp³-hybridized carbons (Fsp3) is 0.632. The van der Waals surface area contributed by atoms with Crippen molar-refractivity contribution in [1.82, 2.24) is 15.5 Å². The van der Waals surface area contributed by atoms with E-state index in [0.717, 1.165) is 43.8 Å². The topological polar surface area (TPSA) is 48.9 Å². The Hall–Kier alpha value is -1.75. The van der Waals surface area contributed by atoms with Crippen molar-refractivity contribution >= 4 is 5.96 Å². The molecule has 0 amide bonds. The van der Waals surface area contributed by atoms with Crippen molar-refractivity contribution in [3.63, 3.8) is 0 Å². The lowest BCUT2D eigenvalue weighted by atomic mass is 10.0. The lowest BCUT2D eigenvalue weighted by molar-refractivity contribution is 0.218. The molecule has 2 N–H and O–H groups in total. The van der Waals surface area contributed by atoms with Gasteiger partial charge in [-0.25, -0.2) is 0 Å². The largest absolute Gasteiger partial charge is 0.497 e. The Kier molecular flexibility index (Phi) is 7.37. The van der Waals surface area contributed by atoms with Gasteiger partial charge in [-0.15, -0.1) is 0 Å².